The zero-order valence-electron chi connectivity index (χ0n) is 13.1. The van der Waals surface area contributed by atoms with Crippen LogP contribution in [0.2, 0.25) is 0 Å². The van der Waals surface area contributed by atoms with Crippen LogP contribution in [0.3, 0.4) is 0 Å². The fourth-order valence-electron chi connectivity index (χ4n) is 2.09. The molecule has 1 unspecified atom stereocenters. The molecule has 0 saturated carbocycles. The number of carbonyl (C=O) groups excluding carboxylic acids is 1. The van der Waals surface area contributed by atoms with Gasteiger partial charge in [-0.3, -0.25) is 14.2 Å². The normalized spacial score (nSPS) is 12.3. The quantitative estimate of drug-likeness (QED) is 0.656. The summed E-state index contributed by atoms with van der Waals surface area (Å²) in [6.07, 6.45) is 0.893. The van der Waals surface area contributed by atoms with Crippen LogP contribution in [0.25, 0.3) is 10.9 Å². The van der Waals surface area contributed by atoms with Crippen LogP contribution in [-0.4, -0.2) is 27.3 Å². The molecule has 2 aromatic rings. The highest BCUT2D eigenvalue weighted by atomic mass is 32.2. The van der Waals surface area contributed by atoms with E-state index < -0.39 is 0 Å². The molecule has 0 bridgehead atoms. The number of hydrogen-bond acceptors (Lipinski definition) is 4. The molecule has 5 nitrogen and oxygen atoms in total. The second-order valence-electron chi connectivity index (χ2n) is 5.13. The van der Waals surface area contributed by atoms with E-state index in [-0.39, 0.29) is 23.3 Å². The van der Waals surface area contributed by atoms with E-state index in [1.54, 1.807) is 10.6 Å². The number of para-hydroxylation sites is 1. The van der Waals surface area contributed by atoms with Crippen molar-refractivity contribution in [3.05, 3.63) is 34.6 Å². The molecule has 1 aromatic carbocycles. The summed E-state index contributed by atoms with van der Waals surface area (Å²) in [7, 11) is 0. The summed E-state index contributed by atoms with van der Waals surface area (Å²) in [6.45, 7) is 6.43. The van der Waals surface area contributed by atoms with Gasteiger partial charge in [0, 0.05) is 12.6 Å². The van der Waals surface area contributed by atoms with Gasteiger partial charge < -0.3 is 5.32 Å². The molecule has 1 heterocycles. The lowest BCUT2D eigenvalue weighted by Gasteiger charge is -2.13. The first-order chi connectivity index (χ1) is 10.6. The molecule has 1 N–H and O–H groups in total. The van der Waals surface area contributed by atoms with E-state index >= 15 is 0 Å². The summed E-state index contributed by atoms with van der Waals surface area (Å²) in [6, 6.07) is 7.44. The largest absolute Gasteiger partial charge is 0.353 e. The number of amides is 1. The number of nitrogens with one attached hydrogen (secondary N) is 1. The van der Waals surface area contributed by atoms with Gasteiger partial charge in [-0.05, 0) is 32.4 Å². The van der Waals surface area contributed by atoms with Crippen LogP contribution in [0, 0.1) is 0 Å². The van der Waals surface area contributed by atoms with Gasteiger partial charge in [-0.2, -0.15) is 0 Å². The highest BCUT2D eigenvalue weighted by Crippen LogP contribution is 2.17. The third-order valence-corrected chi connectivity index (χ3v) is 4.47. The summed E-state index contributed by atoms with van der Waals surface area (Å²) >= 11 is 1.30. The SMILES string of the molecule is CCC(C)NC(=O)CSc1nc2ccccc2c(=O)n1CC. The third-order valence-electron chi connectivity index (χ3n) is 3.49. The van der Waals surface area contributed by atoms with Crippen LogP contribution in [0.1, 0.15) is 27.2 Å². The summed E-state index contributed by atoms with van der Waals surface area (Å²) in [5.74, 6) is 0.221. The van der Waals surface area contributed by atoms with Gasteiger partial charge in [-0.15, -0.1) is 0 Å². The molecule has 0 saturated heterocycles. The molecule has 0 fully saturated rings. The van der Waals surface area contributed by atoms with E-state index in [4.69, 9.17) is 0 Å². The number of hydrogen-bond donors (Lipinski definition) is 1. The van der Waals surface area contributed by atoms with E-state index in [0.29, 0.717) is 22.6 Å². The zero-order chi connectivity index (χ0) is 16.1. The second-order valence-corrected chi connectivity index (χ2v) is 6.07. The third kappa shape index (κ3) is 3.68. The van der Waals surface area contributed by atoms with Crippen molar-refractivity contribution in [1.29, 1.82) is 0 Å². The maximum Gasteiger partial charge on any atom is 0.262 e. The van der Waals surface area contributed by atoms with E-state index in [1.165, 1.54) is 11.8 Å². The number of fused-ring (bicyclic) bond motifs is 1. The lowest BCUT2D eigenvalue weighted by atomic mass is 10.2. The lowest BCUT2D eigenvalue weighted by Crippen LogP contribution is -2.33. The monoisotopic (exact) mass is 319 g/mol. The van der Waals surface area contributed by atoms with Gasteiger partial charge >= 0.3 is 0 Å². The number of carbonyl (C=O) groups is 1. The maximum absolute atomic E-state index is 12.5. The Morgan fingerprint density at radius 1 is 1.36 bits per heavy atom. The number of aromatic nitrogens is 2. The van der Waals surface area contributed by atoms with Crippen molar-refractivity contribution in [1.82, 2.24) is 14.9 Å². The summed E-state index contributed by atoms with van der Waals surface area (Å²) in [5.41, 5.74) is 0.611. The van der Waals surface area contributed by atoms with Crippen molar-refractivity contribution in [2.75, 3.05) is 5.75 Å². The minimum atomic E-state index is -0.0575. The Morgan fingerprint density at radius 3 is 2.77 bits per heavy atom. The fraction of sp³-hybridized carbons (Fsp3) is 0.438. The molecule has 1 aromatic heterocycles. The molecular formula is C16H21N3O2S. The number of thioether (sulfide) groups is 1. The zero-order valence-corrected chi connectivity index (χ0v) is 13.9. The van der Waals surface area contributed by atoms with E-state index in [1.807, 2.05) is 39.0 Å². The maximum atomic E-state index is 12.5. The Balaban J connectivity index is 2.24. The first-order valence-electron chi connectivity index (χ1n) is 7.48. The Morgan fingerprint density at radius 2 is 2.09 bits per heavy atom. The highest BCUT2D eigenvalue weighted by Gasteiger charge is 2.12. The van der Waals surface area contributed by atoms with Crippen molar-refractivity contribution < 1.29 is 4.79 Å². The van der Waals surface area contributed by atoms with Crippen LogP contribution in [0.15, 0.2) is 34.2 Å². The molecule has 1 amide bonds. The van der Waals surface area contributed by atoms with Gasteiger partial charge in [0.25, 0.3) is 5.56 Å². The lowest BCUT2D eigenvalue weighted by molar-refractivity contribution is -0.119. The van der Waals surface area contributed by atoms with Crippen LogP contribution < -0.4 is 10.9 Å². The second kappa shape index (κ2) is 7.45. The molecule has 0 aliphatic rings. The first-order valence-corrected chi connectivity index (χ1v) is 8.47. The summed E-state index contributed by atoms with van der Waals surface area (Å²) < 4.78 is 1.61. The standard InChI is InChI=1S/C16H21N3O2S/c1-4-11(3)17-14(20)10-22-16-18-13-9-7-6-8-12(13)15(21)19(16)5-2/h6-9,11H,4-5,10H2,1-3H3,(H,17,20). The van der Waals surface area contributed by atoms with Gasteiger partial charge in [0.2, 0.25) is 5.91 Å². The van der Waals surface area contributed by atoms with Crippen molar-refractivity contribution in [3.63, 3.8) is 0 Å². The smallest absolute Gasteiger partial charge is 0.262 e. The molecule has 22 heavy (non-hydrogen) atoms. The Kier molecular flexibility index (Phi) is 5.60. The Bertz CT molecular complexity index is 727. The minimum absolute atomic E-state index is 0.0376. The van der Waals surface area contributed by atoms with Crippen LogP contribution in [0.5, 0.6) is 0 Å². The number of benzene rings is 1. The van der Waals surface area contributed by atoms with Crippen molar-refractivity contribution in [2.24, 2.45) is 0 Å². The Hall–Kier alpha value is -1.82. The van der Waals surface area contributed by atoms with Crippen molar-refractivity contribution >= 4 is 28.6 Å². The molecule has 0 radical (unpaired) electrons. The van der Waals surface area contributed by atoms with Crippen molar-refractivity contribution in [3.8, 4) is 0 Å². The molecule has 0 aliphatic heterocycles. The molecular weight excluding hydrogens is 298 g/mol. The highest BCUT2D eigenvalue weighted by molar-refractivity contribution is 7.99. The number of rotatable bonds is 6. The Labute approximate surface area is 134 Å². The molecule has 118 valence electrons. The van der Waals surface area contributed by atoms with Crippen molar-refractivity contribution in [2.45, 2.75) is 44.9 Å². The molecule has 0 aliphatic carbocycles. The van der Waals surface area contributed by atoms with Crippen LogP contribution in [-0.2, 0) is 11.3 Å². The minimum Gasteiger partial charge on any atom is -0.353 e. The van der Waals surface area contributed by atoms with Gasteiger partial charge in [0.05, 0.1) is 16.7 Å². The van der Waals surface area contributed by atoms with E-state index in [2.05, 4.69) is 10.3 Å². The average molecular weight is 319 g/mol. The molecule has 0 spiro atoms. The summed E-state index contributed by atoms with van der Waals surface area (Å²) in [5, 5.41) is 4.11. The predicted octanol–water partition coefficient (Wildman–Crippen LogP) is 2.42. The van der Waals surface area contributed by atoms with Gasteiger partial charge in [-0.25, -0.2) is 4.98 Å². The molecule has 1 atom stereocenters. The van der Waals surface area contributed by atoms with Crippen LogP contribution >= 0.6 is 11.8 Å². The average Bonchev–Trinajstić information content (AvgIpc) is 2.53. The van der Waals surface area contributed by atoms with Gasteiger partial charge in [0.1, 0.15) is 0 Å². The molecule has 6 heteroatoms. The van der Waals surface area contributed by atoms with E-state index in [9.17, 15) is 9.59 Å². The first kappa shape index (κ1) is 16.5. The fourth-order valence-corrected chi connectivity index (χ4v) is 2.96. The molecule has 2 rings (SSSR count). The van der Waals surface area contributed by atoms with Crippen LogP contribution in [0.4, 0.5) is 0 Å². The van der Waals surface area contributed by atoms with Gasteiger partial charge in [0.15, 0.2) is 5.16 Å². The van der Waals surface area contributed by atoms with Gasteiger partial charge in [-0.1, -0.05) is 30.8 Å². The number of nitrogens with zero attached hydrogens (tertiary/aromatic N) is 2. The van der Waals surface area contributed by atoms with E-state index in [0.717, 1.165) is 6.42 Å². The summed E-state index contributed by atoms with van der Waals surface area (Å²) in [4.78, 5) is 28.9. The predicted molar refractivity (Wildman–Crippen MR) is 90.3 cm³/mol. The topological polar surface area (TPSA) is 64.0 Å².